The summed E-state index contributed by atoms with van der Waals surface area (Å²) in [6.45, 7) is 1.39. The topological polar surface area (TPSA) is 103 Å². The third-order valence-corrected chi connectivity index (χ3v) is 3.88. The van der Waals surface area contributed by atoms with Crippen LogP contribution in [-0.2, 0) is 0 Å². The molecule has 0 fully saturated rings. The average molecular weight is 347 g/mol. The summed E-state index contributed by atoms with van der Waals surface area (Å²) in [6.07, 6.45) is 1.44. The van der Waals surface area contributed by atoms with Crippen molar-refractivity contribution in [1.29, 1.82) is 0 Å². The number of anilines is 1. The lowest BCUT2D eigenvalue weighted by Gasteiger charge is -2.07. The Kier molecular flexibility index (Phi) is 3.77. The summed E-state index contributed by atoms with van der Waals surface area (Å²) in [5.74, 6) is -0.510. The number of tetrazole rings is 1. The van der Waals surface area contributed by atoms with Crippen LogP contribution in [-0.4, -0.2) is 31.9 Å². The lowest BCUT2D eigenvalue weighted by atomic mass is 10.1. The van der Waals surface area contributed by atoms with Crippen LogP contribution in [0.15, 0.2) is 59.3 Å². The monoisotopic (exact) mass is 347 g/mol. The number of hydrogen-bond acceptors (Lipinski definition) is 6. The van der Waals surface area contributed by atoms with Gasteiger partial charge in [0.2, 0.25) is 0 Å². The quantitative estimate of drug-likeness (QED) is 0.569. The molecule has 0 radical (unpaired) electrons. The molecule has 0 unspecified atom stereocenters. The number of aromatic nitrogens is 4. The molecule has 1 N–H and O–H groups in total. The van der Waals surface area contributed by atoms with Crippen molar-refractivity contribution in [2.45, 2.75) is 6.92 Å². The van der Waals surface area contributed by atoms with E-state index >= 15 is 0 Å². The summed E-state index contributed by atoms with van der Waals surface area (Å²) in [5.41, 5.74) is 1.95. The van der Waals surface area contributed by atoms with E-state index in [1.807, 2.05) is 6.07 Å². The fraction of sp³-hybridized carbons (Fsp3) is 0.0556. The second-order valence-electron chi connectivity index (χ2n) is 5.62. The lowest BCUT2D eigenvalue weighted by Crippen LogP contribution is -2.14. The maximum absolute atomic E-state index is 12.7. The van der Waals surface area contributed by atoms with Gasteiger partial charge in [0.25, 0.3) is 5.91 Å². The summed E-state index contributed by atoms with van der Waals surface area (Å²) in [7, 11) is 0. The van der Waals surface area contributed by atoms with Crippen molar-refractivity contribution in [3.63, 3.8) is 0 Å². The first kappa shape index (κ1) is 15.7. The van der Waals surface area contributed by atoms with E-state index in [0.29, 0.717) is 27.9 Å². The van der Waals surface area contributed by atoms with E-state index in [0.717, 1.165) is 0 Å². The van der Waals surface area contributed by atoms with Crippen molar-refractivity contribution in [3.05, 3.63) is 66.2 Å². The molecule has 0 spiro atoms. The number of Topliss-reactive ketones (excluding diaryl/α,β-unsaturated/α-hetero) is 1. The van der Waals surface area contributed by atoms with Gasteiger partial charge in [-0.25, -0.2) is 4.68 Å². The molecule has 0 bridgehead atoms. The first-order valence-electron chi connectivity index (χ1n) is 7.81. The van der Waals surface area contributed by atoms with Crippen LogP contribution in [0.3, 0.4) is 0 Å². The summed E-state index contributed by atoms with van der Waals surface area (Å²) < 4.78 is 7.03. The fourth-order valence-electron chi connectivity index (χ4n) is 2.67. The maximum atomic E-state index is 12.7. The van der Waals surface area contributed by atoms with Crippen LogP contribution in [0, 0.1) is 0 Å². The number of fused-ring (bicyclic) bond motifs is 1. The fourth-order valence-corrected chi connectivity index (χ4v) is 2.67. The smallest absolute Gasteiger partial charge is 0.255 e. The highest BCUT2D eigenvalue weighted by Crippen LogP contribution is 2.31. The van der Waals surface area contributed by atoms with Gasteiger partial charge in [-0.1, -0.05) is 18.2 Å². The average Bonchev–Trinajstić information content (AvgIpc) is 3.30. The Morgan fingerprint density at radius 1 is 1.12 bits per heavy atom. The Hall–Kier alpha value is -3.81. The van der Waals surface area contributed by atoms with Crippen molar-refractivity contribution in [2.24, 2.45) is 0 Å². The number of ketones is 1. The number of benzene rings is 2. The Morgan fingerprint density at radius 3 is 2.73 bits per heavy atom. The van der Waals surface area contributed by atoms with Gasteiger partial charge in [0.15, 0.2) is 11.5 Å². The molecule has 8 nitrogen and oxygen atoms in total. The van der Waals surface area contributed by atoms with Crippen LogP contribution in [0.2, 0.25) is 0 Å². The van der Waals surface area contributed by atoms with E-state index in [1.54, 1.807) is 42.5 Å². The predicted octanol–water partition coefficient (Wildman–Crippen LogP) is 2.86. The van der Waals surface area contributed by atoms with Crippen molar-refractivity contribution in [1.82, 2.24) is 20.2 Å². The summed E-state index contributed by atoms with van der Waals surface area (Å²) in [6, 6.07) is 14.0. The summed E-state index contributed by atoms with van der Waals surface area (Å²) in [4.78, 5) is 24.6. The van der Waals surface area contributed by atoms with Gasteiger partial charge in [-0.2, -0.15) is 0 Å². The number of nitrogens with zero attached hydrogens (tertiary/aromatic N) is 4. The molecular formula is C18H13N5O3. The van der Waals surface area contributed by atoms with E-state index in [4.69, 9.17) is 4.42 Å². The van der Waals surface area contributed by atoms with Gasteiger partial charge in [-0.3, -0.25) is 9.59 Å². The highest BCUT2D eigenvalue weighted by Gasteiger charge is 2.20. The third kappa shape index (κ3) is 2.73. The van der Waals surface area contributed by atoms with Crippen LogP contribution < -0.4 is 5.32 Å². The minimum absolute atomic E-state index is 0.121. The molecule has 0 aliphatic heterocycles. The van der Waals surface area contributed by atoms with Crippen LogP contribution in [0.5, 0.6) is 0 Å². The van der Waals surface area contributed by atoms with E-state index in [9.17, 15) is 9.59 Å². The molecule has 26 heavy (non-hydrogen) atoms. The maximum Gasteiger partial charge on any atom is 0.255 e. The number of hydrogen-bond donors (Lipinski definition) is 1. The normalized spacial score (nSPS) is 10.8. The van der Waals surface area contributed by atoms with Crippen molar-refractivity contribution >= 4 is 28.3 Å². The second-order valence-corrected chi connectivity index (χ2v) is 5.62. The summed E-state index contributed by atoms with van der Waals surface area (Å²) >= 11 is 0. The molecule has 4 aromatic rings. The highest BCUT2D eigenvalue weighted by molar-refractivity contribution is 6.14. The van der Waals surface area contributed by atoms with E-state index in [1.165, 1.54) is 17.9 Å². The second kappa shape index (κ2) is 6.25. The zero-order valence-corrected chi connectivity index (χ0v) is 13.7. The molecular weight excluding hydrogens is 334 g/mol. The van der Waals surface area contributed by atoms with Gasteiger partial charge in [0, 0.05) is 17.9 Å². The lowest BCUT2D eigenvalue weighted by molar-refractivity contribution is 0.0990. The zero-order chi connectivity index (χ0) is 18.1. The Bertz CT molecular complexity index is 1120. The number of carbonyl (C=O) groups is 2. The molecule has 0 aliphatic rings. The minimum Gasteiger partial charge on any atom is -0.451 e. The first-order chi connectivity index (χ1) is 12.6. The number of para-hydroxylation sites is 1. The van der Waals surface area contributed by atoms with Gasteiger partial charge >= 0.3 is 0 Å². The van der Waals surface area contributed by atoms with Crippen LogP contribution in [0.4, 0.5) is 5.69 Å². The Morgan fingerprint density at radius 2 is 1.96 bits per heavy atom. The SMILES string of the molecule is CC(=O)c1oc2ccccc2c1NC(=O)c1cccc(-n2cnnn2)c1. The molecule has 0 aliphatic carbocycles. The number of rotatable bonds is 4. The highest BCUT2D eigenvalue weighted by atomic mass is 16.3. The van der Waals surface area contributed by atoms with Crippen LogP contribution >= 0.6 is 0 Å². The Labute approximate surface area is 147 Å². The van der Waals surface area contributed by atoms with Gasteiger partial charge in [-0.15, -0.1) is 5.10 Å². The number of nitrogens with one attached hydrogen (secondary N) is 1. The molecule has 2 heterocycles. The number of furan rings is 1. The van der Waals surface area contributed by atoms with Crippen LogP contribution in [0.1, 0.15) is 27.8 Å². The molecule has 0 saturated heterocycles. The number of amides is 1. The Balaban J connectivity index is 1.71. The van der Waals surface area contributed by atoms with Crippen molar-refractivity contribution < 1.29 is 14.0 Å². The van der Waals surface area contributed by atoms with Gasteiger partial charge in [0.1, 0.15) is 11.9 Å². The first-order valence-corrected chi connectivity index (χ1v) is 7.81. The molecule has 0 saturated carbocycles. The molecule has 128 valence electrons. The van der Waals surface area contributed by atoms with E-state index in [2.05, 4.69) is 20.8 Å². The molecule has 2 aromatic carbocycles. The number of carbonyl (C=O) groups excluding carboxylic acids is 2. The molecule has 8 heteroatoms. The molecule has 1 amide bonds. The van der Waals surface area contributed by atoms with Gasteiger partial charge < -0.3 is 9.73 Å². The third-order valence-electron chi connectivity index (χ3n) is 3.88. The van der Waals surface area contributed by atoms with Crippen molar-refractivity contribution in [3.8, 4) is 5.69 Å². The largest absolute Gasteiger partial charge is 0.451 e. The predicted molar refractivity (Wildman–Crippen MR) is 93.3 cm³/mol. The van der Waals surface area contributed by atoms with Crippen LogP contribution in [0.25, 0.3) is 16.7 Å². The molecule has 4 rings (SSSR count). The van der Waals surface area contributed by atoms with Gasteiger partial charge in [-0.05, 0) is 40.8 Å². The standard InChI is InChI=1S/C18H13N5O3/c1-11(24)17-16(14-7-2-3-8-15(14)26-17)20-18(25)12-5-4-6-13(9-12)23-10-19-21-22-23/h2-10H,1H3,(H,20,25). The minimum atomic E-state index is -0.367. The van der Waals surface area contributed by atoms with E-state index < -0.39 is 0 Å². The van der Waals surface area contributed by atoms with Gasteiger partial charge in [0.05, 0.1) is 11.4 Å². The van der Waals surface area contributed by atoms with Crippen molar-refractivity contribution in [2.75, 3.05) is 5.32 Å². The zero-order valence-electron chi connectivity index (χ0n) is 13.7. The molecule has 0 atom stereocenters. The summed E-state index contributed by atoms with van der Waals surface area (Å²) in [5, 5.41) is 14.4. The molecule has 2 aromatic heterocycles. The van der Waals surface area contributed by atoms with E-state index in [-0.39, 0.29) is 17.5 Å².